The molecule has 0 bridgehead atoms. The zero-order valence-corrected chi connectivity index (χ0v) is 27.6. The molecule has 242 valence electrons. The maximum absolute atomic E-state index is 12.2. The van der Waals surface area contributed by atoms with Gasteiger partial charge in [-0.25, -0.2) is 0 Å². The standard InChI is InChI=1S/C18H20N2O.C14H19NO2.C5H11NO/c1-3-17(21)20-11-12-10-16-13(7-5-9-19(16)2)14-6-4-8-15(20)18(12)14;1-17-14(16)13(11-7-3-2-4-8-11)12-9-5-6-10-15-12;1-3-6(4-2)5-7/h4,6-8,11,16H,3,5,9-10H2,1-2H3;2-4,7-8,12-13,15H,5-6,9-10H2,1H3;5H,3-4H2,1-2H3. The summed E-state index contributed by atoms with van der Waals surface area (Å²) in [5.74, 6) is -0.146. The number of hydrogen-bond acceptors (Lipinski definition) is 6. The molecule has 3 aliphatic rings. The van der Waals surface area contributed by atoms with E-state index in [2.05, 4.69) is 47.7 Å². The molecule has 6 rings (SSSR count). The number of carbonyl (C=O) groups is 3. The molecule has 1 aliphatic carbocycles. The van der Waals surface area contributed by atoms with E-state index in [1.807, 2.05) is 55.7 Å². The second kappa shape index (κ2) is 16.5. The molecule has 1 saturated heterocycles. The van der Waals surface area contributed by atoms with Crippen LogP contribution in [-0.4, -0.2) is 85.1 Å². The van der Waals surface area contributed by atoms with Crippen LogP contribution in [0.2, 0.25) is 0 Å². The van der Waals surface area contributed by atoms with Crippen LogP contribution in [0.1, 0.15) is 80.3 Å². The highest BCUT2D eigenvalue weighted by Gasteiger charge is 2.32. The highest BCUT2D eigenvalue weighted by molar-refractivity contribution is 6.02. The Morgan fingerprint density at radius 2 is 1.82 bits per heavy atom. The number of ether oxygens (including phenoxy) is 1. The molecule has 8 heteroatoms. The molecule has 45 heavy (non-hydrogen) atoms. The van der Waals surface area contributed by atoms with Crippen molar-refractivity contribution in [3.05, 3.63) is 77.5 Å². The number of nitrogens with one attached hydrogen (secondary N) is 1. The van der Waals surface area contributed by atoms with Crippen LogP contribution in [0.25, 0.3) is 16.5 Å². The third-order valence-electron chi connectivity index (χ3n) is 9.27. The van der Waals surface area contributed by atoms with Crippen LogP contribution >= 0.6 is 0 Å². The van der Waals surface area contributed by atoms with Gasteiger partial charge in [0.05, 0.1) is 18.5 Å². The number of piperidine rings is 1. The van der Waals surface area contributed by atoms with Crippen LogP contribution in [0, 0.1) is 0 Å². The van der Waals surface area contributed by atoms with Crippen LogP contribution in [-0.2, 0) is 20.7 Å². The summed E-state index contributed by atoms with van der Waals surface area (Å²) in [5, 5.41) is 4.72. The van der Waals surface area contributed by atoms with Crippen molar-refractivity contribution in [1.82, 2.24) is 19.7 Å². The van der Waals surface area contributed by atoms with Gasteiger partial charge in [-0.15, -0.1) is 0 Å². The fraction of sp³-hybridized carbons (Fsp3) is 0.486. The van der Waals surface area contributed by atoms with E-state index in [0.717, 1.165) is 62.9 Å². The molecule has 0 spiro atoms. The molecule has 0 saturated carbocycles. The van der Waals surface area contributed by atoms with Crippen LogP contribution in [0.5, 0.6) is 0 Å². The smallest absolute Gasteiger partial charge is 0.314 e. The summed E-state index contributed by atoms with van der Waals surface area (Å²) in [6.07, 6.45) is 11.4. The minimum Gasteiger partial charge on any atom is -0.469 e. The molecule has 0 radical (unpaired) electrons. The number of fused-ring (bicyclic) bond motifs is 2. The lowest BCUT2D eigenvalue weighted by atomic mass is 9.82. The molecule has 1 fully saturated rings. The van der Waals surface area contributed by atoms with Crippen LogP contribution in [0.3, 0.4) is 0 Å². The van der Waals surface area contributed by atoms with Crippen molar-refractivity contribution in [2.75, 3.05) is 40.3 Å². The summed E-state index contributed by atoms with van der Waals surface area (Å²) in [7, 11) is 3.66. The molecule has 2 aromatic carbocycles. The molecule has 1 aromatic heterocycles. The molecule has 2 aliphatic heterocycles. The van der Waals surface area contributed by atoms with Gasteiger partial charge in [0.1, 0.15) is 0 Å². The van der Waals surface area contributed by atoms with E-state index < -0.39 is 0 Å². The van der Waals surface area contributed by atoms with E-state index >= 15 is 0 Å². The summed E-state index contributed by atoms with van der Waals surface area (Å²) in [6.45, 7) is 9.59. The number of hydrogen-bond donors (Lipinski definition) is 1. The first kappa shape index (κ1) is 34.1. The number of likely N-dealkylation sites (N-methyl/N-ethyl adjacent to an activating group) is 1. The Hall–Kier alpha value is -3.75. The Kier molecular flexibility index (Phi) is 12.5. The minimum absolute atomic E-state index is 0.143. The minimum atomic E-state index is -0.179. The van der Waals surface area contributed by atoms with Crippen LogP contribution in [0.4, 0.5) is 0 Å². The molecular weight excluding hydrogens is 564 g/mol. The first-order valence-corrected chi connectivity index (χ1v) is 16.5. The van der Waals surface area contributed by atoms with Crippen molar-refractivity contribution in [2.24, 2.45) is 0 Å². The van der Waals surface area contributed by atoms with Gasteiger partial charge in [-0.05, 0) is 81.5 Å². The molecule has 3 aromatic rings. The van der Waals surface area contributed by atoms with Gasteiger partial charge in [-0.2, -0.15) is 0 Å². The number of aromatic nitrogens is 1. The van der Waals surface area contributed by atoms with Gasteiger partial charge in [-0.3, -0.25) is 23.9 Å². The third kappa shape index (κ3) is 7.92. The summed E-state index contributed by atoms with van der Waals surface area (Å²) >= 11 is 0. The topological polar surface area (TPSA) is 83.9 Å². The van der Waals surface area contributed by atoms with Gasteiger partial charge < -0.3 is 15.0 Å². The van der Waals surface area contributed by atoms with Crippen molar-refractivity contribution < 1.29 is 19.1 Å². The van der Waals surface area contributed by atoms with Crippen molar-refractivity contribution in [1.29, 1.82) is 0 Å². The second-order valence-corrected chi connectivity index (χ2v) is 11.9. The predicted molar refractivity (Wildman–Crippen MR) is 181 cm³/mol. The zero-order valence-electron chi connectivity index (χ0n) is 27.6. The number of methoxy groups -OCH3 is 1. The number of carbonyl (C=O) groups excluding carboxylic acids is 3. The van der Waals surface area contributed by atoms with E-state index in [9.17, 15) is 14.4 Å². The van der Waals surface area contributed by atoms with E-state index in [4.69, 9.17) is 4.74 Å². The second-order valence-electron chi connectivity index (χ2n) is 11.9. The van der Waals surface area contributed by atoms with Gasteiger partial charge in [-0.1, -0.05) is 61.9 Å². The average Bonchev–Trinajstić information content (AvgIpc) is 3.47. The molecule has 1 N–H and O–H groups in total. The maximum atomic E-state index is 12.2. The SMILES string of the molecule is CCC(=O)n1cc2c3c(cccc31)C1=CCCN(C)C1C2.CCN(C=O)CC.COC(=O)C(c1ccccc1)C1CCCCN1. The summed E-state index contributed by atoms with van der Waals surface area (Å²) in [4.78, 5) is 38.2. The quantitative estimate of drug-likeness (QED) is 0.263. The number of benzene rings is 2. The number of nitrogens with zero attached hydrogens (tertiary/aromatic N) is 3. The Morgan fingerprint density at radius 1 is 1.07 bits per heavy atom. The van der Waals surface area contributed by atoms with Crippen LogP contribution < -0.4 is 5.32 Å². The third-order valence-corrected chi connectivity index (χ3v) is 9.27. The van der Waals surface area contributed by atoms with Gasteiger partial charge in [0.2, 0.25) is 12.3 Å². The average molecular weight is 615 g/mol. The lowest BCUT2D eigenvalue weighted by Crippen LogP contribution is -2.42. The Labute approximate surface area is 268 Å². The molecule has 3 atom stereocenters. The predicted octanol–water partition coefficient (Wildman–Crippen LogP) is 5.91. The van der Waals surface area contributed by atoms with E-state index in [1.54, 1.807) is 4.90 Å². The zero-order chi connectivity index (χ0) is 32.3. The van der Waals surface area contributed by atoms with Gasteiger partial charge >= 0.3 is 5.97 Å². The normalized spacial score (nSPS) is 19.4. The largest absolute Gasteiger partial charge is 0.469 e. The highest BCUT2D eigenvalue weighted by Crippen LogP contribution is 2.40. The van der Waals surface area contributed by atoms with Crippen molar-refractivity contribution in [3.8, 4) is 0 Å². The van der Waals surface area contributed by atoms with E-state index in [1.165, 1.54) is 42.0 Å². The Morgan fingerprint density at radius 3 is 2.42 bits per heavy atom. The summed E-state index contributed by atoms with van der Waals surface area (Å²) in [6, 6.07) is 16.9. The monoisotopic (exact) mass is 614 g/mol. The number of esters is 1. The first-order chi connectivity index (χ1) is 21.9. The molecule has 1 amide bonds. The number of amides is 1. The fourth-order valence-electron chi connectivity index (χ4n) is 6.71. The molecule has 8 nitrogen and oxygen atoms in total. The Balaban J connectivity index is 0.000000173. The first-order valence-electron chi connectivity index (χ1n) is 16.5. The molecule has 3 unspecified atom stereocenters. The summed E-state index contributed by atoms with van der Waals surface area (Å²) in [5.41, 5.74) is 6.20. The van der Waals surface area contributed by atoms with Gasteiger partial charge in [0.15, 0.2) is 0 Å². The molecule has 3 heterocycles. The van der Waals surface area contributed by atoms with E-state index in [0.29, 0.717) is 12.5 Å². The van der Waals surface area contributed by atoms with Gasteiger partial charge in [0.25, 0.3) is 0 Å². The van der Waals surface area contributed by atoms with E-state index in [-0.39, 0.29) is 23.8 Å². The van der Waals surface area contributed by atoms with Crippen molar-refractivity contribution in [3.63, 3.8) is 0 Å². The summed E-state index contributed by atoms with van der Waals surface area (Å²) < 4.78 is 6.79. The van der Waals surface area contributed by atoms with Crippen molar-refractivity contribution >= 4 is 34.8 Å². The van der Waals surface area contributed by atoms with Crippen molar-refractivity contribution in [2.45, 2.75) is 77.3 Å². The lowest BCUT2D eigenvalue weighted by molar-refractivity contribution is -0.143. The van der Waals surface area contributed by atoms with Gasteiger partial charge in [0, 0.05) is 49.7 Å². The Bertz CT molecular complexity index is 1450. The lowest BCUT2D eigenvalue weighted by Gasteiger charge is -2.36. The molecular formula is C37H50N4O4. The van der Waals surface area contributed by atoms with Crippen LogP contribution in [0.15, 0.2) is 60.8 Å². The number of rotatable bonds is 7. The highest BCUT2D eigenvalue weighted by atomic mass is 16.5. The fourth-order valence-corrected chi connectivity index (χ4v) is 6.71. The maximum Gasteiger partial charge on any atom is 0.314 e.